The molecule has 1 atom stereocenters. The second-order valence-corrected chi connectivity index (χ2v) is 5.67. The van der Waals surface area contributed by atoms with E-state index in [0.29, 0.717) is 18.4 Å². The van der Waals surface area contributed by atoms with E-state index in [9.17, 15) is 9.18 Å². The van der Waals surface area contributed by atoms with Gasteiger partial charge in [-0.1, -0.05) is 6.07 Å². The van der Waals surface area contributed by atoms with E-state index < -0.39 is 5.82 Å². The van der Waals surface area contributed by atoms with Gasteiger partial charge in [0.15, 0.2) is 11.6 Å². The molecule has 0 aliphatic heterocycles. The standard InChI is InChI=1S/C15H23FN2O2/c1-10(18-14(19)7-8-15(2,3)17)11-5-6-13(20-4)12(16)9-11/h5-6,9-10H,7-8,17H2,1-4H3,(H,18,19). The Balaban J connectivity index is 2.60. The zero-order valence-corrected chi connectivity index (χ0v) is 12.5. The number of benzene rings is 1. The third-order valence-electron chi connectivity index (χ3n) is 3.05. The molecule has 20 heavy (non-hydrogen) atoms. The zero-order chi connectivity index (χ0) is 15.3. The third-order valence-corrected chi connectivity index (χ3v) is 3.05. The Morgan fingerprint density at radius 3 is 2.65 bits per heavy atom. The topological polar surface area (TPSA) is 64.3 Å². The smallest absolute Gasteiger partial charge is 0.220 e. The quantitative estimate of drug-likeness (QED) is 0.842. The summed E-state index contributed by atoms with van der Waals surface area (Å²) in [4.78, 5) is 11.8. The highest BCUT2D eigenvalue weighted by Gasteiger charge is 2.16. The van der Waals surface area contributed by atoms with Crippen LogP contribution in [0.25, 0.3) is 0 Å². The average Bonchev–Trinajstić information content (AvgIpc) is 2.35. The lowest BCUT2D eigenvalue weighted by Crippen LogP contribution is -2.35. The van der Waals surface area contributed by atoms with Gasteiger partial charge in [-0.15, -0.1) is 0 Å². The molecular formula is C15H23FN2O2. The van der Waals surface area contributed by atoms with Gasteiger partial charge in [0.1, 0.15) is 0 Å². The molecule has 1 rings (SSSR count). The number of carbonyl (C=O) groups excluding carboxylic acids is 1. The summed E-state index contributed by atoms with van der Waals surface area (Å²) in [6.07, 6.45) is 0.953. The lowest BCUT2D eigenvalue weighted by atomic mass is 9.99. The van der Waals surface area contributed by atoms with Crippen LogP contribution in [-0.4, -0.2) is 18.6 Å². The van der Waals surface area contributed by atoms with Crippen LogP contribution in [0.4, 0.5) is 4.39 Å². The number of hydrogen-bond acceptors (Lipinski definition) is 3. The lowest BCUT2D eigenvalue weighted by Gasteiger charge is -2.19. The summed E-state index contributed by atoms with van der Waals surface area (Å²) in [5.41, 5.74) is 6.16. The van der Waals surface area contributed by atoms with Crippen LogP contribution in [0.2, 0.25) is 0 Å². The highest BCUT2D eigenvalue weighted by Crippen LogP contribution is 2.21. The monoisotopic (exact) mass is 282 g/mol. The van der Waals surface area contributed by atoms with Crippen molar-refractivity contribution in [3.63, 3.8) is 0 Å². The molecule has 5 heteroatoms. The van der Waals surface area contributed by atoms with Gasteiger partial charge in [-0.2, -0.15) is 0 Å². The van der Waals surface area contributed by atoms with Gasteiger partial charge in [-0.05, 0) is 44.9 Å². The van der Waals surface area contributed by atoms with E-state index in [2.05, 4.69) is 5.32 Å². The van der Waals surface area contributed by atoms with Gasteiger partial charge in [0.2, 0.25) is 5.91 Å². The van der Waals surface area contributed by atoms with Gasteiger partial charge in [0, 0.05) is 12.0 Å². The maximum Gasteiger partial charge on any atom is 0.220 e. The van der Waals surface area contributed by atoms with Crippen LogP contribution >= 0.6 is 0 Å². The van der Waals surface area contributed by atoms with Crippen LogP contribution in [0.5, 0.6) is 5.75 Å². The van der Waals surface area contributed by atoms with Crippen LogP contribution in [0.3, 0.4) is 0 Å². The van der Waals surface area contributed by atoms with E-state index in [1.807, 2.05) is 20.8 Å². The molecule has 4 nitrogen and oxygen atoms in total. The molecule has 0 aliphatic carbocycles. The summed E-state index contributed by atoms with van der Waals surface area (Å²) in [7, 11) is 1.41. The van der Waals surface area contributed by atoms with Gasteiger partial charge in [-0.25, -0.2) is 4.39 Å². The van der Waals surface area contributed by atoms with Crippen molar-refractivity contribution in [1.82, 2.24) is 5.32 Å². The highest BCUT2D eigenvalue weighted by atomic mass is 19.1. The third kappa shape index (κ3) is 5.17. The molecule has 1 aromatic rings. The molecule has 0 fully saturated rings. The lowest BCUT2D eigenvalue weighted by molar-refractivity contribution is -0.122. The van der Waals surface area contributed by atoms with Gasteiger partial charge in [-0.3, -0.25) is 4.79 Å². The molecule has 1 aromatic carbocycles. The first kappa shape index (κ1) is 16.4. The molecule has 0 heterocycles. The Labute approximate surface area is 119 Å². The molecule has 0 aliphatic rings. The minimum Gasteiger partial charge on any atom is -0.494 e. The van der Waals surface area contributed by atoms with Gasteiger partial charge in [0.25, 0.3) is 0 Å². The summed E-state index contributed by atoms with van der Waals surface area (Å²) in [6.45, 7) is 5.57. The summed E-state index contributed by atoms with van der Waals surface area (Å²) in [6, 6.07) is 4.40. The Morgan fingerprint density at radius 2 is 2.15 bits per heavy atom. The highest BCUT2D eigenvalue weighted by molar-refractivity contribution is 5.76. The van der Waals surface area contributed by atoms with Crippen molar-refractivity contribution in [3.05, 3.63) is 29.6 Å². The number of hydrogen-bond donors (Lipinski definition) is 2. The first-order chi connectivity index (χ1) is 9.23. The van der Waals surface area contributed by atoms with E-state index in [-0.39, 0.29) is 23.2 Å². The Morgan fingerprint density at radius 1 is 1.50 bits per heavy atom. The molecule has 0 spiro atoms. The van der Waals surface area contributed by atoms with Crippen LogP contribution in [0.15, 0.2) is 18.2 Å². The Hall–Kier alpha value is -1.62. The first-order valence-electron chi connectivity index (χ1n) is 6.64. The predicted octanol–water partition coefficient (Wildman–Crippen LogP) is 2.53. The fraction of sp³-hybridized carbons (Fsp3) is 0.533. The molecular weight excluding hydrogens is 259 g/mol. The fourth-order valence-electron chi connectivity index (χ4n) is 1.78. The maximum atomic E-state index is 13.6. The normalized spacial score (nSPS) is 12.9. The number of carbonyl (C=O) groups is 1. The van der Waals surface area contributed by atoms with Crippen molar-refractivity contribution in [1.29, 1.82) is 0 Å². The molecule has 1 amide bonds. The maximum absolute atomic E-state index is 13.6. The molecule has 0 saturated carbocycles. The van der Waals surface area contributed by atoms with Crippen LogP contribution < -0.4 is 15.8 Å². The van der Waals surface area contributed by atoms with Gasteiger partial charge >= 0.3 is 0 Å². The fourth-order valence-corrected chi connectivity index (χ4v) is 1.78. The molecule has 0 bridgehead atoms. The first-order valence-corrected chi connectivity index (χ1v) is 6.64. The van der Waals surface area contributed by atoms with Crippen LogP contribution in [0, 0.1) is 5.82 Å². The van der Waals surface area contributed by atoms with Gasteiger partial charge in [0.05, 0.1) is 13.2 Å². The van der Waals surface area contributed by atoms with E-state index >= 15 is 0 Å². The number of nitrogens with one attached hydrogen (secondary N) is 1. The Kier molecular flexibility index (Phi) is 5.51. The van der Waals surface area contributed by atoms with Crippen LogP contribution in [-0.2, 0) is 4.79 Å². The van der Waals surface area contributed by atoms with Crippen molar-refractivity contribution in [2.45, 2.75) is 45.2 Å². The average molecular weight is 282 g/mol. The van der Waals surface area contributed by atoms with Crippen molar-refractivity contribution in [2.24, 2.45) is 5.73 Å². The number of ether oxygens (including phenoxy) is 1. The summed E-state index contributed by atoms with van der Waals surface area (Å²) in [5, 5.41) is 2.83. The van der Waals surface area contributed by atoms with Crippen molar-refractivity contribution < 1.29 is 13.9 Å². The molecule has 0 radical (unpaired) electrons. The molecule has 3 N–H and O–H groups in total. The molecule has 112 valence electrons. The largest absolute Gasteiger partial charge is 0.494 e. The molecule has 1 unspecified atom stereocenters. The predicted molar refractivity (Wildman–Crippen MR) is 77.0 cm³/mol. The second kappa shape index (κ2) is 6.70. The second-order valence-electron chi connectivity index (χ2n) is 5.67. The van der Waals surface area contributed by atoms with Crippen molar-refractivity contribution in [2.75, 3.05) is 7.11 Å². The number of amides is 1. The summed E-state index contributed by atoms with van der Waals surface area (Å²) in [5.74, 6) is -0.335. The van der Waals surface area contributed by atoms with Crippen LogP contribution in [0.1, 0.15) is 45.2 Å². The van der Waals surface area contributed by atoms with E-state index in [1.54, 1.807) is 12.1 Å². The molecule has 0 aromatic heterocycles. The number of rotatable bonds is 6. The Bertz CT molecular complexity index is 469. The number of nitrogens with two attached hydrogens (primary N) is 1. The summed E-state index contributed by atoms with van der Waals surface area (Å²) < 4.78 is 18.5. The molecule has 0 saturated heterocycles. The summed E-state index contributed by atoms with van der Waals surface area (Å²) >= 11 is 0. The number of methoxy groups -OCH3 is 1. The van der Waals surface area contributed by atoms with Gasteiger partial charge < -0.3 is 15.8 Å². The van der Waals surface area contributed by atoms with Crippen molar-refractivity contribution >= 4 is 5.91 Å². The minimum absolute atomic E-state index is 0.0905. The number of halogens is 1. The van der Waals surface area contributed by atoms with E-state index in [1.165, 1.54) is 13.2 Å². The van der Waals surface area contributed by atoms with Crippen molar-refractivity contribution in [3.8, 4) is 5.75 Å². The van der Waals surface area contributed by atoms with E-state index in [4.69, 9.17) is 10.5 Å². The van der Waals surface area contributed by atoms with E-state index in [0.717, 1.165) is 0 Å². The minimum atomic E-state index is -0.436. The zero-order valence-electron chi connectivity index (χ0n) is 12.5. The SMILES string of the molecule is COc1ccc(C(C)NC(=O)CCC(C)(C)N)cc1F.